The summed E-state index contributed by atoms with van der Waals surface area (Å²) in [5.74, 6) is 0. The van der Waals surface area contributed by atoms with E-state index in [9.17, 15) is 0 Å². The summed E-state index contributed by atoms with van der Waals surface area (Å²) in [6.07, 6.45) is 1.94. The first-order valence-electron chi connectivity index (χ1n) is 12.2. The van der Waals surface area contributed by atoms with Crippen molar-refractivity contribution in [3.05, 3.63) is 99.2 Å². The Labute approximate surface area is 203 Å². The normalized spacial score (nSPS) is 11.5. The predicted octanol–water partition coefficient (Wildman–Crippen LogP) is 9.19. The minimum Gasteiger partial charge on any atom is -0.256 e. The third-order valence-electron chi connectivity index (χ3n) is 8.01. The summed E-state index contributed by atoms with van der Waals surface area (Å²) >= 11 is 0. The third-order valence-corrected chi connectivity index (χ3v) is 8.01. The van der Waals surface area contributed by atoms with Crippen molar-refractivity contribution in [2.24, 2.45) is 0 Å². The highest BCUT2D eigenvalue weighted by Crippen LogP contribution is 2.47. The Hall–Kier alpha value is -3.45. The molecule has 0 unspecified atom stereocenters. The zero-order valence-electron chi connectivity index (χ0n) is 21.6. The van der Waals surface area contributed by atoms with E-state index >= 15 is 0 Å². The van der Waals surface area contributed by atoms with Crippen LogP contribution >= 0.6 is 0 Å². The van der Waals surface area contributed by atoms with Crippen LogP contribution in [0, 0.1) is 55.4 Å². The molecule has 0 aliphatic heterocycles. The summed E-state index contributed by atoms with van der Waals surface area (Å²) in [4.78, 5) is 5.04. The highest BCUT2D eigenvalue weighted by Gasteiger charge is 2.23. The summed E-state index contributed by atoms with van der Waals surface area (Å²) < 4.78 is 0. The van der Waals surface area contributed by atoms with Crippen molar-refractivity contribution in [2.75, 3.05) is 0 Å². The molecule has 0 bridgehead atoms. The van der Waals surface area contributed by atoms with Crippen LogP contribution in [0.5, 0.6) is 0 Å². The molecule has 0 aliphatic rings. The van der Waals surface area contributed by atoms with Gasteiger partial charge in [0.05, 0.1) is 5.52 Å². The van der Waals surface area contributed by atoms with E-state index in [-0.39, 0.29) is 0 Å². The Morgan fingerprint density at radius 1 is 0.441 bits per heavy atom. The van der Waals surface area contributed by atoms with Gasteiger partial charge >= 0.3 is 0 Å². The van der Waals surface area contributed by atoms with E-state index in [1.54, 1.807) is 0 Å². The van der Waals surface area contributed by atoms with Gasteiger partial charge in [0, 0.05) is 17.1 Å². The van der Waals surface area contributed by atoms with E-state index in [1.165, 1.54) is 82.9 Å². The molecule has 170 valence electrons. The van der Waals surface area contributed by atoms with Crippen molar-refractivity contribution in [3.63, 3.8) is 0 Å². The van der Waals surface area contributed by atoms with Crippen LogP contribution in [-0.4, -0.2) is 4.98 Å². The van der Waals surface area contributed by atoms with Crippen molar-refractivity contribution in [1.82, 2.24) is 4.98 Å². The molecule has 1 nitrogen and oxygen atoms in total. The number of hydrogen-bond acceptors (Lipinski definition) is 1. The smallest absolute Gasteiger partial charge is 0.0793 e. The van der Waals surface area contributed by atoms with Crippen LogP contribution < -0.4 is 0 Å². The maximum Gasteiger partial charge on any atom is 0.0793 e. The van der Waals surface area contributed by atoms with Gasteiger partial charge in [-0.05, 0) is 133 Å². The number of nitrogens with zero attached hydrogens (tertiary/aromatic N) is 1. The van der Waals surface area contributed by atoms with Gasteiger partial charge in [-0.2, -0.15) is 0 Å². The molecule has 0 fully saturated rings. The lowest BCUT2D eigenvalue weighted by atomic mass is 9.81. The Kier molecular flexibility index (Phi) is 5.32. The van der Waals surface area contributed by atoms with Gasteiger partial charge in [-0.15, -0.1) is 0 Å². The lowest BCUT2D eigenvalue weighted by Crippen LogP contribution is -2.01. The van der Waals surface area contributed by atoms with E-state index in [1.807, 2.05) is 6.20 Å². The molecule has 34 heavy (non-hydrogen) atoms. The van der Waals surface area contributed by atoms with E-state index in [4.69, 9.17) is 4.98 Å². The van der Waals surface area contributed by atoms with Gasteiger partial charge in [0.25, 0.3) is 0 Å². The fourth-order valence-corrected chi connectivity index (χ4v) is 5.70. The van der Waals surface area contributed by atoms with Crippen LogP contribution in [-0.2, 0) is 0 Å². The molecule has 4 aromatic carbocycles. The number of hydrogen-bond donors (Lipinski definition) is 0. The monoisotopic (exact) mass is 443 g/mol. The van der Waals surface area contributed by atoms with Gasteiger partial charge in [0.2, 0.25) is 0 Å². The molecular formula is C33H33N. The second-order valence-corrected chi connectivity index (χ2v) is 9.97. The fraction of sp³-hybridized carbons (Fsp3) is 0.242. The number of rotatable bonds is 2. The Balaban J connectivity index is 2.08. The van der Waals surface area contributed by atoms with Crippen molar-refractivity contribution in [1.29, 1.82) is 0 Å². The molecule has 0 saturated heterocycles. The Morgan fingerprint density at radius 3 is 1.35 bits per heavy atom. The maximum atomic E-state index is 5.04. The number of benzene rings is 4. The maximum absolute atomic E-state index is 5.04. The van der Waals surface area contributed by atoms with E-state index in [0.717, 1.165) is 5.52 Å². The van der Waals surface area contributed by atoms with E-state index in [2.05, 4.69) is 104 Å². The second-order valence-electron chi connectivity index (χ2n) is 9.97. The number of aryl methyl sites for hydroxylation is 4. The van der Waals surface area contributed by atoms with Gasteiger partial charge in [0.1, 0.15) is 0 Å². The molecule has 1 heterocycles. The lowest BCUT2D eigenvalue weighted by molar-refractivity contribution is 1.24. The van der Waals surface area contributed by atoms with Crippen molar-refractivity contribution in [2.45, 2.75) is 55.4 Å². The molecule has 0 aliphatic carbocycles. The second kappa shape index (κ2) is 8.09. The zero-order valence-corrected chi connectivity index (χ0v) is 21.6. The van der Waals surface area contributed by atoms with E-state index in [0.29, 0.717) is 0 Å². The largest absolute Gasteiger partial charge is 0.256 e. The number of pyridine rings is 1. The molecule has 1 heteroatoms. The van der Waals surface area contributed by atoms with Crippen LogP contribution in [0.3, 0.4) is 0 Å². The highest BCUT2D eigenvalue weighted by molar-refractivity contribution is 6.21. The third kappa shape index (κ3) is 3.18. The van der Waals surface area contributed by atoms with Crippen LogP contribution in [0.4, 0.5) is 0 Å². The standard InChI is InChI=1S/C33H33N/c1-18-16-19(2)23(6)29(22(18)5)31-26-12-9-10-13-27(26)32(33-28(31)14-11-15-34-33)30-24(7)20(3)17-21(4)25(30)8/h9-17H,1-8H3. The SMILES string of the molecule is Cc1cc(C)c(C)c(-c2c3ccccc3c(-c3c(C)c(C)cc(C)c3C)c3ncccc23)c1C. The Morgan fingerprint density at radius 2 is 0.853 bits per heavy atom. The predicted molar refractivity (Wildman–Crippen MR) is 148 cm³/mol. The number of aromatic nitrogens is 1. The van der Waals surface area contributed by atoms with Gasteiger partial charge in [0.15, 0.2) is 0 Å². The zero-order chi connectivity index (χ0) is 24.3. The first kappa shape index (κ1) is 22.3. The van der Waals surface area contributed by atoms with Gasteiger partial charge < -0.3 is 0 Å². The van der Waals surface area contributed by atoms with Gasteiger partial charge in [-0.3, -0.25) is 4.98 Å². The summed E-state index contributed by atoms with van der Waals surface area (Å²) in [7, 11) is 0. The van der Waals surface area contributed by atoms with Crippen LogP contribution in [0.2, 0.25) is 0 Å². The van der Waals surface area contributed by atoms with Gasteiger partial charge in [-0.25, -0.2) is 0 Å². The summed E-state index contributed by atoms with van der Waals surface area (Å²) in [6, 6.07) is 17.9. The minimum absolute atomic E-state index is 1.09. The molecule has 1 aromatic heterocycles. The summed E-state index contributed by atoms with van der Waals surface area (Å²) in [6.45, 7) is 17.9. The summed E-state index contributed by atoms with van der Waals surface area (Å²) in [5, 5.41) is 3.80. The molecule has 5 rings (SSSR count). The molecule has 0 N–H and O–H groups in total. The van der Waals surface area contributed by atoms with Crippen LogP contribution in [0.1, 0.15) is 44.5 Å². The first-order valence-corrected chi connectivity index (χ1v) is 12.2. The minimum atomic E-state index is 1.09. The van der Waals surface area contributed by atoms with Crippen LogP contribution in [0.25, 0.3) is 43.9 Å². The lowest BCUT2D eigenvalue weighted by Gasteiger charge is -2.23. The molecule has 0 amide bonds. The van der Waals surface area contributed by atoms with Crippen molar-refractivity contribution >= 4 is 21.7 Å². The molecule has 0 atom stereocenters. The van der Waals surface area contributed by atoms with E-state index < -0.39 is 0 Å². The highest BCUT2D eigenvalue weighted by atomic mass is 14.7. The first-order chi connectivity index (χ1) is 16.2. The van der Waals surface area contributed by atoms with Crippen LogP contribution in [0.15, 0.2) is 54.7 Å². The number of fused-ring (bicyclic) bond motifs is 2. The van der Waals surface area contributed by atoms with Crippen molar-refractivity contribution < 1.29 is 0 Å². The van der Waals surface area contributed by atoms with Crippen molar-refractivity contribution in [3.8, 4) is 22.3 Å². The molecular weight excluding hydrogens is 410 g/mol. The van der Waals surface area contributed by atoms with Gasteiger partial charge in [-0.1, -0.05) is 42.5 Å². The molecule has 0 radical (unpaired) electrons. The quantitative estimate of drug-likeness (QED) is 0.248. The molecule has 0 spiro atoms. The fourth-order valence-electron chi connectivity index (χ4n) is 5.70. The average Bonchev–Trinajstić information content (AvgIpc) is 2.82. The molecule has 0 saturated carbocycles. The molecule has 5 aromatic rings. The Bertz CT molecular complexity index is 1390. The average molecular weight is 444 g/mol. The topological polar surface area (TPSA) is 12.9 Å². The summed E-state index contributed by atoms with van der Waals surface area (Å²) in [5.41, 5.74) is 17.1.